The molecule has 1 aromatic heterocycles. The van der Waals surface area contributed by atoms with Gasteiger partial charge in [0.2, 0.25) is 0 Å². The number of furan rings is 1. The van der Waals surface area contributed by atoms with Gasteiger partial charge in [-0.1, -0.05) is 20.8 Å². The number of rotatable bonds is 8. The summed E-state index contributed by atoms with van der Waals surface area (Å²) in [5.41, 5.74) is 0.331. The third-order valence-electron chi connectivity index (χ3n) is 3.31. The molecule has 98 valence electrons. The maximum atomic E-state index is 5.38. The summed E-state index contributed by atoms with van der Waals surface area (Å²) in [7, 11) is 2.16. The molecule has 1 aromatic rings. The molecule has 1 heterocycles. The first-order valence-corrected chi connectivity index (χ1v) is 6.51. The van der Waals surface area contributed by atoms with Crippen molar-refractivity contribution in [1.29, 1.82) is 0 Å². The molecule has 1 atom stereocenters. The Kier molecular flexibility index (Phi) is 5.72. The van der Waals surface area contributed by atoms with Crippen LogP contribution in [0.4, 0.5) is 0 Å². The Bertz CT molecular complexity index is 297. The average Bonchev–Trinajstić information content (AvgIpc) is 2.79. The molecule has 3 heteroatoms. The highest BCUT2D eigenvalue weighted by Crippen LogP contribution is 2.22. The molecule has 0 aliphatic rings. The number of hydrogen-bond acceptors (Lipinski definition) is 3. The first-order chi connectivity index (χ1) is 8.09. The van der Waals surface area contributed by atoms with E-state index < -0.39 is 0 Å². The summed E-state index contributed by atoms with van der Waals surface area (Å²) in [4.78, 5) is 2.33. The summed E-state index contributed by atoms with van der Waals surface area (Å²) in [5.74, 6) is 1.04. The lowest BCUT2D eigenvalue weighted by Gasteiger charge is -2.33. The lowest BCUT2D eigenvalue weighted by atomic mass is 9.87. The fraction of sp³-hybridized carbons (Fsp3) is 0.714. The van der Waals surface area contributed by atoms with Gasteiger partial charge >= 0.3 is 0 Å². The van der Waals surface area contributed by atoms with Gasteiger partial charge in [0.05, 0.1) is 12.8 Å². The molecule has 0 bridgehead atoms. The quantitative estimate of drug-likeness (QED) is 0.755. The molecule has 0 aliphatic heterocycles. The summed E-state index contributed by atoms with van der Waals surface area (Å²) in [6.07, 6.45) is 2.92. The third-order valence-corrected chi connectivity index (χ3v) is 3.31. The van der Waals surface area contributed by atoms with E-state index in [1.54, 1.807) is 6.26 Å². The fourth-order valence-electron chi connectivity index (χ4n) is 2.10. The second-order valence-electron chi connectivity index (χ2n) is 5.20. The molecule has 0 saturated heterocycles. The smallest absolute Gasteiger partial charge is 0.117 e. The molecule has 0 radical (unpaired) electrons. The second kappa shape index (κ2) is 6.82. The second-order valence-corrected chi connectivity index (χ2v) is 5.20. The van der Waals surface area contributed by atoms with Crippen LogP contribution in [-0.4, -0.2) is 31.6 Å². The minimum Gasteiger partial charge on any atom is -0.468 e. The molecule has 0 aliphatic carbocycles. The summed E-state index contributed by atoms with van der Waals surface area (Å²) >= 11 is 0. The highest BCUT2D eigenvalue weighted by molar-refractivity contribution is 4.98. The summed E-state index contributed by atoms with van der Waals surface area (Å²) < 4.78 is 5.38. The average molecular weight is 238 g/mol. The SMILES string of the molecule is CCNCC(C)(CC)CN(C)Cc1ccco1. The van der Waals surface area contributed by atoms with E-state index in [2.05, 4.69) is 38.0 Å². The maximum Gasteiger partial charge on any atom is 0.117 e. The van der Waals surface area contributed by atoms with Crippen LogP contribution in [0.15, 0.2) is 22.8 Å². The molecule has 1 unspecified atom stereocenters. The van der Waals surface area contributed by atoms with Gasteiger partial charge in [-0.2, -0.15) is 0 Å². The van der Waals surface area contributed by atoms with Crippen LogP contribution in [0.3, 0.4) is 0 Å². The zero-order valence-electron chi connectivity index (χ0n) is 11.6. The van der Waals surface area contributed by atoms with Crippen LogP contribution >= 0.6 is 0 Å². The molecular formula is C14H26N2O. The van der Waals surface area contributed by atoms with E-state index in [0.29, 0.717) is 5.41 Å². The Morgan fingerprint density at radius 1 is 1.41 bits per heavy atom. The lowest BCUT2D eigenvalue weighted by molar-refractivity contribution is 0.168. The Labute approximate surface area is 105 Å². The molecule has 0 amide bonds. The largest absolute Gasteiger partial charge is 0.468 e. The minimum atomic E-state index is 0.331. The molecule has 1 N–H and O–H groups in total. The Hall–Kier alpha value is -0.800. The maximum absolute atomic E-state index is 5.38. The Balaban J connectivity index is 2.43. The first-order valence-electron chi connectivity index (χ1n) is 6.51. The molecule has 1 rings (SSSR count). The van der Waals surface area contributed by atoms with Gasteiger partial charge in [-0.05, 0) is 37.6 Å². The van der Waals surface area contributed by atoms with Gasteiger partial charge in [-0.3, -0.25) is 4.90 Å². The van der Waals surface area contributed by atoms with Crippen LogP contribution in [0.5, 0.6) is 0 Å². The standard InChI is InChI=1S/C14H26N2O/c1-5-14(3,11-15-6-2)12-16(4)10-13-8-7-9-17-13/h7-9,15H,5-6,10-12H2,1-4H3. The zero-order valence-corrected chi connectivity index (χ0v) is 11.6. The van der Waals surface area contributed by atoms with Gasteiger partial charge in [0.1, 0.15) is 5.76 Å². The van der Waals surface area contributed by atoms with Crippen molar-refractivity contribution in [1.82, 2.24) is 10.2 Å². The highest BCUT2D eigenvalue weighted by Gasteiger charge is 2.23. The molecule has 3 nitrogen and oxygen atoms in total. The van der Waals surface area contributed by atoms with Gasteiger partial charge in [-0.25, -0.2) is 0 Å². The van der Waals surface area contributed by atoms with Crippen LogP contribution in [0.25, 0.3) is 0 Å². The fourth-order valence-corrected chi connectivity index (χ4v) is 2.10. The van der Waals surface area contributed by atoms with Gasteiger partial charge in [-0.15, -0.1) is 0 Å². The molecule has 0 fully saturated rings. The number of nitrogens with zero attached hydrogens (tertiary/aromatic N) is 1. The van der Waals surface area contributed by atoms with Crippen LogP contribution < -0.4 is 5.32 Å². The van der Waals surface area contributed by atoms with E-state index in [1.807, 2.05) is 12.1 Å². The predicted molar refractivity (Wildman–Crippen MR) is 72.0 cm³/mol. The first kappa shape index (κ1) is 14.3. The molecule has 17 heavy (non-hydrogen) atoms. The van der Waals surface area contributed by atoms with Gasteiger partial charge < -0.3 is 9.73 Å². The van der Waals surface area contributed by atoms with Crippen molar-refractivity contribution in [3.05, 3.63) is 24.2 Å². The van der Waals surface area contributed by atoms with E-state index in [-0.39, 0.29) is 0 Å². The summed E-state index contributed by atoms with van der Waals surface area (Å²) in [6, 6.07) is 3.98. The van der Waals surface area contributed by atoms with Crippen molar-refractivity contribution in [2.24, 2.45) is 5.41 Å². The van der Waals surface area contributed by atoms with E-state index in [1.165, 1.54) is 6.42 Å². The summed E-state index contributed by atoms with van der Waals surface area (Å²) in [5, 5.41) is 3.45. The minimum absolute atomic E-state index is 0.331. The van der Waals surface area contributed by atoms with Crippen LogP contribution in [0.1, 0.15) is 33.0 Å². The molecule has 0 aromatic carbocycles. The molecule has 0 saturated carbocycles. The number of nitrogens with one attached hydrogen (secondary N) is 1. The van der Waals surface area contributed by atoms with Crippen LogP contribution in [0, 0.1) is 5.41 Å². The van der Waals surface area contributed by atoms with Gasteiger partial charge in [0.25, 0.3) is 0 Å². The number of hydrogen-bond donors (Lipinski definition) is 1. The predicted octanol–water partition coefficient (Wildman–Crippen LogP) is 2.74. The molecule has 0 spiro atoms. The van der Waals surface area contributed by atoms with Crippen molar-refractivity contribution in [2.75, 3.05) is 26.7 Å². The lowest BCUT2D eigenvalue weighted by Crippen LogP contribution is -2.40. The highest BCUT2D eigenvalue weighted by atomic mass is 16.3. The molecular weight excluding hydrogens is 212 g/mol. The third kappa shape index (κ3) is 4.92. The topological polar surface area (TPSA) is 28.4 Å². The Morgan fingerprint density at radius 3 is 2.71 bits per heavy atom. The normalized spacial score (nSPS) is 15.1. The van der Waals surface area contributed by atoms with E-state index in [0.717, 1.165) is 31.9 Å². The monoisotopic (exact) mass is 238 g/mol. The van der Waals surface area contributed by atoms with Gasteiger partial charge in [0.15, 0.2) is 0 Å². The van der Waals surface area contributed by atoms with Crippen LogP contribution in [0.2, 0.25) is 0 Å². The van der Waals surface area contributed by atoms with Crippen molar-refractivity contribution in [2.45, 2.75) is 33.7 Å². The van der Waals surface area contributed by atoms with Crippen molar-refractivity contribution in [3.8, 4) is 0 Å². The van der Waals surface area contributed by atoms with Crippen molar-refractivity contribution < 1.29 is 4.42 Å². The van der Waals surface area contributed by atoms with Gasteiger partial charge in [0, 0.05) is 13.1 Å². The zero-order chi connectivity index (χ0) is 12.7. The van der Waals surface area contributed by atoms with Crippen molar-refractivity contribution in [3.63, 3.8) is 0 Å². The van der Waals surface area contributed by atoms with E-state index >= 15 is 0 Å². The van der Waals surface area contributed by atoms with E-state index in [4.69, 9.17) is 4.42 Å². The van der Waals surface area contributed by atoms with E-state index in [9.17, 15) is 0 Å². The Morgan fingerprint density at radius 2 is 2.18 bits per heavy atom. The van der Waals surface area contributed by atoms with Crippen LogP contribution in [-0.2, 0) is 6.54 Å². The summed E-state index contributed by atoms with van der Waals surface area (Å²) in [6.45, 7) is 10.8. The van der Waals surface area contributed by atoms with Crippen molar-refractivity contribution >= 4 is 0 Å².